The highest BCUT2D eigenvalue weighted by Crippen LogP contribution is 2.14. The summed E-state index contributed by atoms with van der Waals surface area (Å²) < 4.78 is 0. The molecular weight excluding hydrogens is 509 g/mol. The van der Waals surface area contributed by atoms with Gasteiger partial charge in [0.2, 0.25) is 5.91 Å². The standard InChI is InChI=1S/C19H24ClN5OS.HI/c1-14-11-23-17(27-14)7-8-22-19(21-2)25-10-9-24(18(26)13-25)12-15-3-5-16(20)6-4-15;/h3-6,11H,7-10,12-13H2,1-2H3,(H,21,22);1H. The quantitative estimate of drug-likeness (QED) is 0.364. The lowest BCUT2D eigenvalue weighted by molar-refractivity contribution is -0.135. The molecule has 0 unspecified atom stereocenters. The van der Waals surface area contributed by atoms with Crippen LogP contribution < -0.4 is 5.32 Å². The van der Waals surface area contributed by atoms with Crippen molar-refractivity contribution >= 4 is 58.8 Å². The van der Waals surface area contributed by atoms with Crippen LogP contribution in [0.25, 0.3) is 0 Å². The molecule has 1 aromatic carbocycles. The normalized spacial score (nSPS) is 14.8. The molecule has 0 bridgehead atoms. The summed E-state index contributed by atoms with van der Waals surface area (Å²) in [4.78, 5) is 26.4. The second kappa shape index (κ2) is 11.0. The van der Waals surface area contributed by atoms with Gasteiger partial charge in [0.1, 0.15) is 0 Å². The fraction of sp³-hybridized carbons (Fsp3) is 0.421. The lowest BCUT2D eigenvalue weighted by Crippen LogP contribution is -2.55. The first-order chi connectivity index (χ1) is 13.0. The number of amides is 1. The SMILES string of the molecule is CN=C(NCCc1ncc(C)s1)N1CCN(Cc2ccc(Cl)cc2)C(=O)C1.I. The Balaban J connectivity index is 0.00000280. The highest BCUT2D eigenvalue weighted by molar-refractivity contribution is 14.0. The number of carbonyl (C=O) groups excluding carboxylic acids is 1. The van der Waals surface area contributed by atoms with Gasteiger partial charge >= 0.3 is 0 Å². The van der Waals surface area contributed by atoms with E-state index in [9.17, 15) is 4.79 Å². The monoisotopic (exact) mass is 533 g/mol. The number of thiazole rings is 1. The number of aryl methyl sites for hydroxylation is 1. The first kappa shape index (κ1) is 22.9. The number of nitrogens with zero attached hydrogens (tertiary/aromatic N) is 4. The molecule has 3 rings (SSSR count). The summed E-state index contributed by atoms with van der Waals surface area (Å²) in [6.07, 6.45) is 2.75. The van der Waals surface area contributed by atoms with Crippen molar-refractivity contribution in [1.29, 1.82) is 0 Å². The minimum Gasteiger partial charge on any atom is -0.356 e. The third-order valence-electron chi connectivity index (χ3n) is 4.41. The zero-order valence-corrected chi connectivity index (χ0v) is 19.9. The molecule has 152 valence electrons. The molecule has 0 aliphatic carbocycles. The third-order valence-corrected chi connectivity index (χ3v) is 5.63. The molecule has 6 nitrogen and oxygen atoms in total. The molecule has 1 aromatic heterocycles. The van der Waals surface area contributed by atoms with E-state index in [1.165, 1.54) is 4.88 Å². The van der Waals surface area contributed by atoms with Crippen LogP contribution in [-0.4, -0.2) is 59.9 Å². The highest BCUT2D eigenvalue weighted by Gasteiger charge is 2.25. The molecule has 1 fully saturated rings. The highest BCUT2D eigenvalue weighted by atomic mass is 127. The second-order valence-corrected chi connectivity index (χ2v) is 8.21. The molecule has 0 saturated carbocycles. The summed E-state index contributed by atoms with van der Waals surface area (Å²) >= 11 is 7.64. The van der Waals surface area contributed by atoms with Crippen molar-refractivity contribution in [2.75, 3.05) is 33.2 Å². The molecule has 0 atom stereocenters. The van der Waals surface area contributed by atoms with Gasteiger partial charge in [0, 0.05) is 55.7 Å². The van der Waals surface area contributed by atoms with Crippen LogP contribution in [0.5, 0.6) is 0 Å². The van der Waals surface area contributed by atoms with Crippen LogP contribution in [0.1, 0.15) is 15.4 Å². The Bertz CT molecular complexity index is 811. The third kappa shape index (κ3) is 6.31. The molecule has 2 heterocycles. The van der Waals surface area contributed by atoms with Gasteiger partial charge in [-0.3, -0.25) is 9.79 Å². The molecule has 1 saturated heterocycles. The van der Waals surface area contributed by atoms with Gasteiger partial charge in [0.05, 0.1) is 11.6 Å². The summed E-state index contributed by atoms with van der Waals surface area (Å²) in [5, 5.41) is 5.16. The van der Waals surface area contributed by atoms with Crippen LogP contribution in [0.15, 0.2) is 35.5 Å². The van der Waals surface area contributed by atoms with E-state index in [2.05, 4.69) is 22.2 Å². The predicted molar refractivity (Wildman–Crippen MR) is 126 cm³/mol. The van der Waals surface area contributed by atoms with Crippen molar-refractivity contribution < 1.29 is 4.79 Å². The van der Waals surface area contributed by atoms with E-state index in [1.807, 2.05) is 40.3 Å². The number of hydrogen-bond acceptors (Lipinski definition) is 4. The van der Waals surface area contributed by atoms with E-state index in [-0.39, 0.29) is 29.9 Å². The van der Waals surface area contributed by atoms with Crippen molar-refractivity contribution in [2.45, 2.75) is 19.9 Å². The number of piperazine rings is 1. The van der Waals surface area contributed by atoms with E-state index >= 15 is 0 Å². The molecule has 1 N–H and O–H groups in total. The van der Waals surface area contributed by atoms with Gasteiger partial charge < -0.3 is 15.1 Å². The number of aliphatic imine (C=N–C) groups is 1. The number of carbonyl (C=O) groups is 1. The van der Waals surface area contributed by atoms with Crippen molar-refractivity contribution in [3.8, 4) is 0 Å². The molecule has 28 heavy (non-hydrogen) atoms. The Morgan fingerprint density at radius 2 is 2.07 bits per heavy atom. The van der Waals surface area contributed by atoms with Crippen LogP contribution in [0.2, 0.25) is 5.02 Å². The Labute approximate surface area is 192 Å². The Morgan fingerprint density at radius 1 is 1.32 bits per heavy atom. The van der Waals surface area contributed by atoms with Crippen molar-refractivity contribution in [3.63, 3.8) is 0 Å². The fourth-order valence-electron chi connectivity index (χ4n) is 3.00. The first-order valence-corrected chi connectivity index (χ1v) is 10.1. The Hall–Kier alpha value is -1.39. The molecule has 1 aliphatic rings. The number of nitrogens with one attached hydrogen (secondary N) is 1. The largest absolute Gasteiger partial charge is 0.356 e. The maximum Gasteiger partial charge on any atom is 0.242 e. The van der Waals surface area contributed by atoms with Gasteiger partial charge in [0.25, 0.3) is 0 Å². The summed E-state index contributed by atoms with van der Waals surface area (Å²) in [7, 11) is 1.75. The van der Waals surface area contributed by atoms with Crippen molar-refractivity contribution in [2.24, 2.45) is 4.99 Å². The Morgan fingerprint density at radius 3 is 2.68 bits per heavy atom. The summed E-state index contributed by atoms with van der Waals surface area (Å²) in [6, 6.07) is 7.63. The second-order valence-electron chi connectivity index (χ2n) is 6.45. The van der Waals surface area contributed by atoms with Gasteiger partial charge in [-0.15, -0.1) is 35.3 Å². The number of aromatic nitrogens is 1. The van der Waals surface area contributed by atoms with E-state index in [0.717, 1.165) is 36.0 Å². The van der Waals surface area contributed by atoms with Crippen molar-refractivity contribution in [3.05, 3.63) is 50.9 Å². The zero-order valence-electron chi connectivity index (χ0n) is 16.0. The molecule has 0 spiro atoms. The fourth-order valence-corrected chi connectivity index (χ4v) is 3.91. The molecule has 2 aromatic rings. The van der Waals surface area contributed by atoms with Crippen LogP contribution >= 0.6 is 46.9 Å². The number of benzene rings is 1. The van der Waals surface area contributed by atoms with Crippen LogP contribution in [-0.2, 0) is 17.8 Å². The lowest BCUT2D eigenvalue weighted by atomic mass is 10.2. The predicted octanol–water partition coefficient (Wildman–Crippen LogP) is 3.19. The van der Waals surface area contributed by atoms with E-state index in [4.69, 9.17) is 11.6 Å². The van der Waals surface area contributed by atoms with E-state index in [1.54, 1.807) is 18.4 Å². The van der Waals surface area contributed by atoms with Gasteiger partial charge in [-0.2, -0.15) is 0 Å². The Kier molecular flexibility index (Phi) is 8.97. The minimum atomic E-state index is 0. The van der Waals surface area contributed by atoms with E-state index in [0.29, 0.717) is 24.7 Å². The number of halogens is 2. The topological polar surface area (TPSA) is 60.8 Å². The smallest absolute Gasteiger partial charge is 0.242 e. The average molecular weight is 534 g/mol. The summed E-state index contributed by atoms with van der Waals surface area (Å²) in [5.74, 6) is 0.873. The molecule has 9 heteroatoms. The maximum atomic E-state index is 12.6. The minimum absolute atomic E-state index is 0. The van der Waals surface area contributed by atoms with E-state index < -0.39 is 0 Å². The van der Waals surface area contributed by atoms with Crippen LogP contribution in [0.4, 0.5) is 0 Å². The zero-order chi connectivity index (χ0) is 19.2. The van der Waals surface area contributed by atoms with Gasteiger partial charge in [-0.25, -0.2) is 4.98 Å². The first-order valence-electron chi connectivity index (χ1n) is 8.94. The average Bonchev–Trinajstić information content (AvgIpc) is 3.07. The molecule has 1 aliphatic heterocycles. The molecule has 0 radical (unpaired) electrons. The summed E-state index contributed by atoms with van der Waals surface area (Å²) in [5.41, 5.74) is 1.09. The number of hydrogen-bond donors (Lipinski definition) is 1. The molecular formula is C19H25ClIN5OS. The summed E-state index contributed by atoms with van der Waals surface area (Å²) in [6.45, 7) is 5.19. The number of rotatable bonds is 5. The van der Waals surface area contributed by atoms with Crippen LogP contribution in [0.3, 0.4) is 0 Å². The van der Waals surface area contributed by atoms with Gasteiger partial charge in [-0.1, -0.05) is 23.7 Å². The molecule has 1 amide bonds. The lowest BCUT2D eigenvalue weighted by Gasteiger charge is -2.36. The van der Waals surface area contributed by atoms with Crippen molar-refractivity contribution in [1.82, 2.24) is 20.1 Å². The van der Waals surface area contributed by atoms with Gasteiger partial charge in [-0.05, 0) is 24.6 Å². The maximum absolute atomic E-state index is 12.6. The number of guanidine groups is 1. The van der Waals surface area contributed by atoms with Gasteiger partial charge in [0.15, 0.2) is 5.96 Å². The van der Waals surface area contributed by atoms with Crippen LogP contribution in [0, 0.1) is 6.92 Å².